The van der Waals surface area contributed by atoms with Crippen LogP contribution < -0.4 is 5.32 Å². The first-order valence-corrected chi connectivity index (χ1v) is 5.36. The molecule has 1 heterocycles. The molecule has 0 bridgehead atoms. The summed E-state index contributed by atoms with van der Waals surface area (Å²) in [7, 11) is 0. The molecule has 0 aromatic carbocycles. The monoisotopic (exact) mass is 206 g/mol. The van der Waals surface area contributed by atoms with Crippen LogP contribution in [0.3, 0.4) is 0 Å². The smallest absolute Gasteiger partial charge is 0.0107 e. The van der Waals surface area contributed by atoms with Crippen LogP contribution in [-0.4, -0.2) is 37.6 Å². The van der Waals surface area contributed by atoms with Crippen molar-refractivity contribution in [2.75, 3.05) is 32.7 Å². The van der Waals surface area contributed by atoms with Crippen LogP contribution in [0.25, 0.3) is 0 Å². The van der Waals surface area contributed by atoms with E-state index in [1.54, 1.807) is 0 Å². The molecule has 0 amide bonds. The Hall–Kier alpha value is 0.210. The zero-order valence-corrected chi connectivity index (χ0v) is 9.54. The molecule has 2 nitrogen and oxygen atoms in total. The van der Waals surface area contributed by atoms with E-state index in [1.807, 2.05) is 0 Å². The van der Waals surface area contributed by atoms with E-state index >= 15 is 0 Å². The standard InChI is InChI=1S/C10H22N2.ClH/c1-2-11-7-10-12-8-5-3-4-6-9-12;/h11H,2-10H2,1H3;1H. The number of likely N-dealkylation sites (N-methyl/N-ethyl adjacent to an activating group) is 1. The van der Waals surface area contributed by atoms with Crippen LogP contribution >= 0.6 is 12.4 Å². The third kappa shape index (κ3) is 6.30. The van der Waals surface area contributed by atoms with E-state index in [0.717, 1.165) is 13.1 Å². The van der Waals surface area contributed by atoms with Gasteiger partial charge in [0.05, 0.1) is 0 Å². The molecular weight excluding hydrogens is 184 g/mol. The summed E-state index contributed by atoms with van der Waals surface area (Å²) in [5.41, 5.74) is 0. The van der Waals surface area contributed by atoms with Crippen molar-refractivity contribution in [3.05, 3.63) is 0 Å². The van der Waals surface area contributed by atoms with Crippen LogP contribution in [0, 0.1) is 0 Å². The Labute approximate surface area is 88.5 Å². The average molecular weight is 207 g/mol. The van der Waals surface area contributed by atoms with Crippen molar-refractivity contribution in [2.45, 2.75) is 32.6 Å². The van der Waals surface area contributed by atoms with Crippen molar-refractivity contribution < 1.29 is 0 Å². The van der Waals surface area contributed by atoms with Gasteiger partial charge in [-0.2, -0.15) is 0 Å². The fraction of sp³-hybridized carbons (Fsp3) is 1.00. The van der Waals surface area contributed by atoms with E-state index in [2.05, 4.69) is 17.1 Å². The highest BCUT2D eigenvalue weighted by Crippen LogP contribution is 2.08. The summed E-state index contributed by atoms with van der Waals surface area (Å²) in [6.07, 6.45) is 5.70. The van der Waals surface area contributed by atoms with Gasteiger partial charge in [0, 0.05) is 13.1 Å². The SMILES string of the molecule is CCNCCN1CCCCCC1.Cl. The molecule has 1 N–H and O–H groups in total. The molecule has 0 atom stereocenters. The summed E-state index contributed by atoms with van der Waals surface area (Å²) < 4.78 is 0. The van der Waals surface area contributed by atoms with E-state index in [4.69, 9.17) is 0 Å². The topological polar surface area (TPSA) is 15.3 Å². The van der Waals surface area contributed by atoms with Gasteiger partial charge in [-0.15, -0.1) is 12.4 Å². The van der Waals surface area contributed by atoms with E-state index in [9.17, 15) is 0 Å². The summed E-state index contributed by atoms with van der Waals surface area (Å²) in [4.78, 5) is 2.59. The van der Waals surface area contributed by atoms with Gasteiger partial charge in [-0.05, 0) is 32.5 Å². The van der Waals surface area contributed by atoms with Crippen LogP contribution in [0.5, 0.6) is 0 Å². The predicted octanol–water partition coefficient (Wildman–Crippen LogP) is 1.89. The largest absolute Gasteiger partial charge is 0.316 e. The lowest BCUT2D eigenvalue weighted by Crippen LogP contribution is -2.32. The van der Waals surface area contributed by atoms with E-state index in [0.29, 0.717) is 0 Å². The van der Waals surface area contributed by atoms with E-state index in [-0.39, 0.29) is 12.4 Å². The molecule has 1 saturated heterocycles. The van der Waals surface area contributed by atoms with Crippen LogP contribution in [0.4, 0.5) is 0 Å². The third-order valence-electron chi connectivity index (χ3n) is 2.55. The Bertz CT molecular complexity index is 101. The number of halogens is 1. The molecule has 0 aromatic heterocycles. The molecule has 0 aliphatic carbocycles. The normalized spacial score (nSPS) is 19.2. The van der Waals surface area contributed by atoms with Gasteiger partial charge in [0.15, 0.2) is 0 Å². The third-order valence-corrected chi connectivity index (χ3v) is 2.55. The molecule has 80 valence electrons. The highest BCUT2D eigenvalue weighted by atomic mass is 35.5. The Kier molecular flexibility index (Phi) is 8.93. The first kappa shape index (κ1) is 13.2. The van der Waals surface area contributed by atoms with Gasteiger partial charge in [0.25, 0.3) is 0 Å². The van der Waals surface area contributed by atoms with Gasteiger partial charge >= 0.3 is 0 Å². The maximum Gasteiger partial charge on any atom is 0.0107 e. The lowest BCUT2D eigenvalue weighted by molar-refractivity contribution is 0.285. The molecule has 0 spiro atoms. The Balaban J connectivity index is 0.00000144. The second-order valence-electron chi connectivity index (χ2n) is 3.61. The molecule has 1 aliphatic rings. The second-order valence-corrected chi connectivity index (χ2v) is 3.61. The van der Waals surface area contributed by atoms with Gasteiger partial charge in [0.2, 0.25) is 0 Å². The van der Waals surface area contributed by atoms with Crippen LogP contribution in [0.1, 0.15) is 32.6 Å². The zero-order valence-electron chi connectivity index (χ0n) is 8.72. The molecular formula is C10H23ClN2. The Morgan fingerprint density at radius 1 is 1.08 bits per heavy atom. The van der Waals surface area contributed by atoms with Gasteiger partial charge in [-0.1, -0.05) is 19.8 Å². The molecule has 1 aliphatic heterocycles. The number of rotatable bonds is 4. The van der Waals surface area contributed by atoms with Crippen molar-refractivity contribution in [3.8, 4) is 0 Å². The van der Waals surface area contributed by atoms with Gasteiger partial charge in [0.1, 0.15) is 0 Å². The van der Waals surface area contributed by atoms with Crippen LogP contribution in [0.2, 0.25) is 0 Å². The van der Waals surface area contributed by atoms with Crippen LogP contribution in [-0.2, 0) is 0 Å². The van der Waals surface area contributed by atoms with Crippen molar-refractivity contribution in [1.29, 1.82) is 0 Å². The summed E-state index contributed by atoms with van der Waals surface area (Å²) in [5, 5.41) is 3.37. The molecule has 0 saturated carbocycles. The minimum atomic E-state index is 0. The van der Waals surface area contributed by atoms with Crippen molar-refractivity contribution in [1.82, 2.24) is 10.2 Å². The number of hydrogen-bond acceptors (Lipinski definition) is 2. The number of hydrogen-bond donors (Lipinski definition) is 1. The lowest BCUT2D eigenvalue weighted by Gasteiger charge is -2.19. The summed E-state index contributed by atoms with van der Waals surface area (Å²) in [6.45, 7) is 8.33. The Morgan fingerprint density at radius 2 is 1.69 bits per heavy atom. The van der Waals surface area contributed by atoms with Gasteiger partial charge in [-0.25, -0.2) is 0 Å². The molecule has 1 fully saturated rings. The molecule has 0 unspecified atom stereocenters. The minimum absolute atomic E-state index is 0. The second kappa shape index (κ2) is 8.79. The minimum Gasteiger partial charge on any atom is -0.316 e. The highest BCUT2D eigenvalue weighted by Gasteiger charge is 2.07. The summed E-state index contributed by atoms with van der Waals surface area (Å²) in [5.74, 6) is 0. The fourth-order valence-corrected chi connectivity index (χ4v) is 1.77. The Morgan fingerprint density at radius 3 is 2.23 bits per heavy atom. The summed E-state index contributed by atoms with van der Waals surface area (Å²) in [6, 6.07) is 0. The molecule has 1 rings (SSSR count). The average Bonchev–Trinajstić information content (AvgIpc) is 2.33. The maximum atomic E-state index is 3.37. The van der Waals surface area contributed by atoms with Gasteiger partial charge < -0.3 is 10.2 Å². The van der Waals surface area contributed by atoms with Crippen molar-refractivity contribution in [2.24, 2.45) is 0 Å². The quantitative estimate of drug-likeness (QED) is 0.707. The van der Waals surface area contributed by atoms with Crippen molar-refractivity contribution in [3.63, 3.8) is 0 Å². The lowest BCUT2D eigenvalue weighted by atomic mass is 10.2. The number of likely N-dealkylation sites (tertiary alicyclic amines) is 1. The number of nitrogens with one attached hydrogen (secondary N) is 1. The molecule has 0 radical (unpaired) electrons. The molecule has 13 heavy (non-hydrogen) atoms. The maximum absolute atomic E-state index is 3.37. The van der Waals surface area contributed by atoms with Crippen LogP contribution in [0.15, 0.2) is 0 Å². The fourth-order valence-electron chi connectivity index (χ4n) is 1.77. The highest BCUT2D eigenvalue weighted by molar-refractivity contribution is 5.85. The molecule has 3 heteroatoms. The van der Waals surface area contributed by atoms with E-state index in [1.165, 1.54) is 45.3 Å². The first-order chi connectivity index (χ1) is 5.93. The zero-order chi connectivity index (χ0) is 8.65. The predicted molar refractivity (Wildman–Crippen MR) is 60.7 cm³/mol. The first-order valence-electron chi connectivity index (χ1n) is 5.36. The van der Waals surface area contributed by atoms with Crippen molar-refractivity contribution >= 4 is 12.4 Å². The van der Waals surface area contributed by atoms with E-state index < -0.39 is 0 Å². The molecule has 0 aromatic rings. The van der Waals surface area contributed by atoms with Gasteiger partial charge in [-0.3, -0.25) is 0 Å². The summed E-state index contributed by atoms with van der Waals surface area (Å²) >= 11 is 0. The number of nitrogens with zero attached hydrogens (tertiary/aromatic N) is 1.